The van der Waals surface area contributed by atoms with Gasteiger partial charge >= 0.3 is 0 Å². The van der Waals surface area contributed by atoms with Crippen molar-refractivity contribution in [2.75, 3.05) is 5.32 Å². The fourth-order valence-electron chi connectivity index (χ4n) is 1.28. The van der Waals surface area contributed by atoms with Crippen LogP contribution in [0.2, 0.25) is 5.02 Å². The number of aromatic amines is 1. The lowest BCUT2D eigenvalue weighted by Gasteiger charge is -2.03. The van der Waals surface area contributed by atoms with E-state index in [0.29, 0.717) is 10.7 Å². The number of hydrogen-bond donors (Lipinski definition) is 2. The third-order valence-electron chi connectivity index (χ3n) is 2.01. The summed E-state index contributed by atoms with van der Waals surface area (Å²) < 4.78 is 12.9. The summed E-state index contributed by atoms with van der Waals surface area (Å²) in [6.07, 6.45) is 1.56. The highest BCUT2D eigenvalue weighted by Gasteiger charge is 2.11. The molecular formula is C11H8ClFN2O. The maximum atomic E-state index is 12.9. The molecule has 0 aliphatic heterocycles. The number of amides is 1. The van der Waals surface area contributed by atoms with Gasteiger partial charge in [0.1, 0.15) is 11.5 Å². The average molecular weight is 239 g/mol. The topological polar surface area (TPSA) is 44.9 Å². The van der Waals surface area contributed by atoms with Crippen molar-refractivity contribution in [3.05, 3.63) is 53.1 Å². The van der Waals surface area contributed by atoms with Crippen LogP contribution >= 0.6 is 11.6 Å². The lowest BCUT2D eigenvalue weighted by Crippen LogP contribution is -2.12. The summed E-state index contributed by atoms with van der Waals surface area (Å²) in [6.45, 7) is 0. The van der Waals surface area contributed by atoms with E-state index in [0.717, 1.165) is 0 Å². The van der Waals surface area contributed by atoms with Gasteiger partial charge in [0.05, 0.1) is 5.02 Å². The molecule has 0 saturated carbocycles. The third kappa shape index (κ3) is 2.23. The van der Waals surface area contributed by atoms with E-state index in [4.69, 9.17) is 11.6 Å². The van der Waals surface area contributed by atoms with E-state index < -0.39 is 11.7 Å². The fraction of sp³-hybridized carbons (Fsp3) is 0. The van der Waals surface area contributed by atoms with Crippen molar-refractivity contribution >= 4 is 23.2 Å². The van der Waals surface area contributed by atoms with Crippen molar-refractivity contribution in [2.24, 2.45) is 0 Å². The van der Waals surface area contributed by atoms with E-state index in [1.54, 1.807) is 18.3 Å². The number of rotatable bonds is 2. The number of carbonyl (C=O) groups is 1. The van der Waals surface area contributed by atoms with Crippen molar-refractivity contribution in [3.8, 4) is 0 Å². The Kier molecular flexibility index (Phi) is 2.92. The maximum absolute atomic E-state index is 12.9. The largest absolute Gasteiger partial charge is 0.356 e. The van der Waals surface area contributed by atoms with Gasteiger partial charge in [-0.1, -0.05) is 17.7 Å². The molecule has 0 bridgehead atoms. The average Bonchev–Trinajstić information content (AvgIpc) is 2.64. The molecule has 2 aromatic rings. The molecule has 2 rings (SSSR count). The van der Waals surface area contributed by atoms with Gasteiger partial charge in [-0.2, -0.15) is 0 Å². The van der Waals surface area contributed by atoms with Gasteiger partial charge in [0.2, 0.25) is 0 Å². The van der Waals surface area contributed by atoms with Crippen molar-refractivity contribution in [1.29, 1.82) is 0 Å². The Morgan fingerprint density at radius 3 is 2.81 bits per heavy atom. The number of anilines is 1. The van der Waals surface area contributed by atoms with Crippen LogP contribution in [0.5, 0.6) is 0 Å². The summed E-state index contributed by atoms with van der Waals surface area (Å²) in [5.41, 5.74) is 0.640. The smallest absolute Gasteiger partial charge is 0.273 e. The predicted octanol–water partition coefficient (Wildman–Crippen LogP) is 3.06. The Morgan fingerprint density at radius 1 is 1.38 bits per heavy atom. The van der Waals surface area contributed by atoms with Gasteiger partial charge in [-0.3, -0.25) is 4.79 Å². The molecule has 0 radical (unpaired) electrons. The summed E-state index contributed by atoms with van der Waals surface area (Å²) in [5, 5.41) is 2.86. The number of hydrogen-bond acceptors (Lipinski definition) is 1. The SMILES string of the molecule is O=C(Nc1cccc(F)c1)c1[nH]ccc1Cl. The number of carbonyl (C=O) groups excluding carboxylic acids is 1. The first kappa shape index (κ1) is 10.7. The van der Waals surface area contributed by atoms with E-state index in [9.17, 15) is 9.18 Å². The van der Waals surface area contributed by atoms with Crippen LogP contribution in [0.3, 0.4) is 0 Å². The minimum Gasteiger partial charge on any atom is -0.356 e. The van der Waals surface area contributed by atoms with E-state index in [1.165, 1.54) is 18.2 Å². The molecule has 0 saturated heterocycles. The highest BCUT2D eigenvalue weighted by atomic mass is 35.5. The molecule has 0 unspecified atom stereocenters. The zero-order valence-electron chi connectivity index (χ0n) is 8.13. The summed E-state index contributed by atoms with van der Waals surface area (Å²) in [7, 11) is 0. The molecule has 1 aromatic heterocycles. The first-order valence-electron chi connectivity index (χ1n) is 4.56. The zero-order valence-corrected chi connectivity index (χ0v) is 8.88. The van der Waals surface area contributed by atoms with Crippen LogP contribution in [0, 0.1) is 5.82 Å². The van der Waals surface area contributed by atoms with E-state index in [1.807, 2.05) is 0 Å². The van der Waals surface area contributed by atoms with E-state index in [2.05, 4.69) is 10.3 Å². The van der Waals surface area contributed by atoms with Crippen LogP contribution in [0.4, 0.5) is 10.1 Å². The summed E-state index contributed by atoms with van der Waals surface area (Å²) in [6, 6.07) is 7.22. The molecule has 0 aliphatic carbocycles. The molecule has 0 aliphatic rings. The Morgan fingerprint density at radius 2 is 2.19 bits per heavy atom. The molecule has 5 heteroatoms. The molecule has 2 N–H and O–H groups in total. The van der Waals surface area contributed by atoms with Crippen LogP contribution in [-0.4, -0.2) is 10.9 Å². The Hall–Kier alpha value is -1.81. The Bertz CT molecular complexity index is 524. The van der Waals surface area contributed by atoms with Gasteiger partial charge in [0, 0.05) is 11.9 Å². The van der Waals surface area contributed by atoms with Crippen LogP contribution in [0.1, 0.15) is 10.5 Å². The molecule has 0 fully saturated rings. The van der Waals surface area contributed by atoms with Gasteiger partial charge in [0.25, 0.3) is 5.91 Å². The van der Waals surface area contributed by atoms with Crippen LogP contribution < -0.4 is 5.32 Å². The normalized spacial score (nSPS) is 10.1. The highest BCUT2D eigenvalue weighted by Crippen LogP contribution is 2.16. The quantitative estimate of drug-likeness (QED) is 0.830. The van der Waals surface area contributed by atoms with Gasteiger partial charge in [0.15, 0.2) is 0 Å². The molecule has 0 atom stereocenters. The second-order valence-corrected chi connectivity index (χ2v) is 3.57. The molecule has 16 heavy (non-hydrogen) atoms. The van der Waals surface area contributed by atoms with Gasteiger partial charge in [-0.25, -0.2) is 4.39 Å². The first-order valence-corrected chi connectivity index (χ1v) is 4.94. The molecule has 1 amide bonds. The summed E-state index contributed by atoms with van der Waals surface area (Å²) >= 11 is 5.77. The molecule has 3 nitrogen and oxygen atoms in total. The lowest BCUT2D eigenvalue weighted by molar-refractivity contribution is 0.102. The minimum absolute atomic E-state index is 0.255. The maximum Gasteiger partial charge on any atom is 0.273 e. The molecule has 1 aromatic carbocycles. The van der Waals surface area contributed by atoms with E-state index >= 15 is 0 Å². The molecule has 0 spiro atoms. The van der Waals surface area contributed by atoms with Crippen molar-refractivity contribution < 1.29 is 9.18 Å². The van der Waals surface area contributed by atoms with Crippen molar-refractivity contribution in [2.45, 2.75) is 0 Å². The number of nitrogens with one attached hydrogen (secondary N) is 2. The standard InChI is InChI=1S/C11H8ClFN2O/c12-9-4-5-14-10(9)11(16)15-8-3-1-2-7(13)6-8/h1-6,14H,(H,15,16). The number of H-pyrrole nitrogens is 1. The number of benzene rings is 1. The van der Waals surface area contributed by atoms with E-state index in [-0.39, 0.29) is 5.69 Å². The van der Waals surface area contributed by atoms with Crippen LogP contribution in [-0.2, 0) is 0 Å². The monoisotopic (exact) mass is 238 g/mol. The lowest BCUT2D eigenvalue weighted by atomic mass is 10.3. The summed E-state index contributed by atoms with van der Waals surface area (Å²) in [4.78, 5) is 14.4. The predicted molar refractivity (Wildman–Crippen MR) is 60.2 cm³/mol. The van der Waals surface area contributed by atoms with Crippen molar-refractivity contribution in [3.63, 3.8) is 0 Å². The summed E-state index contributed by atoms with van der Waals surface area (Å²) in [5.74, 6) is -0.809. The minimum atomic E-state index is -0.407. The molecule has 1 heterocycles. The zero-order chi connectivity index (χ0) is 11.5. The fourth-order valence-corrected chi connectivity index (χ4v) is 1.49. The Balaban J connectivity index is 2.17. The van der Waals surface area contributed by atoms with Crippen LogP contribution in [0.15, 0.2) is 36.5 Å². The second kappa shape index (κ2) is 4.37. The Labute approximate surface area is 96.2 Å². The number of aromatic nitrogens is 1. The van der Waals surface area contributed by atoms with Crippen molar-refractivity contribution in [1.82, 2.24) is 4.98 Å². The molecule has 82 valence electrons. The second-order valence-electron chi connectivity index (χ2n) is 3.17. The third-order valence-corrected chi connectivity index (χ3v) is 2.32. The van der Waals surface area contributed by atoms with Crippen LogP contribution in [0.25, 0.3) is 0 Å². The first-order chi connectivity index (χ1) is 7.66. The number of halogens is 2. The van der Waals surface area contributed by atoms with Gasteiger partial charge in [-0.15, -0.1) is 0 Å². The molecular weight excluding hydrogens is 231 g/mol. The van der Waals surface area contributed by atoms with Gasteiger partial charge < -0.3 is 10.3 Å². The van der Waals surface area contributed by atoms with Gasteiger partial charge in [-0.05, 0) is 24.3 Å². The highest BCUT2D eigenvalue weighted by molar-refractivity contribution is 6.34.